The van der Waals surface area contributed by atoms with Crippen LogP contribution in [0.2, 0.25) is 0 Å². The summed E-state index contributed by atoms with van der Waals surface area (Å²) in [6.07, 6.45) is -1.50. The van der Waals surface area contributed by atoms with Gasteiger partial charge in [-0.1, -0.05) is 24.3 Å². The van der Waals surface area contributed by atoms with E-state index in [4.69, 9.17) is 10.5 Å². The van der Waals surface area contributed by atoms with Crippen LogP contribution >= 0.6 is 0 Å². The molecule has 3 aromatic rings. The van der Waals surface area contributed by atoms with Gasteiger partial charge in [0.2, 0.25) is 5.95 Å². The second-order valence-corrected chi connectivity index (χ2v) is 8.49. The Bertz CT molecular complexity index is 1190. The van der Waals surface area contributed by atoms with Crippen LogP contribution in [0, 0.1) is 0 Å². The van der Waals surface area contributed by atoms with Crippen LogP contribution in [0.15, 0.2) is 30.6 Å². The molecule has 34 heavy (non-hydrogen) atoms. The van der Waals surface area contributed by atoms with E-state index in [1.54, 1.807) is 6.92 Å². The number of benzene rings is 1. The van der Waals surface area contributed by atoms with Crippen molar-refractivity contribution in [1.82, 2.24) is 19.5 Å². The largest absolute Gasteiger partial charge is 0.387 e. The predicted molar refractivity (Wildman–Crippen MR) is 124 cm³/mol. The Morgan fingerprint density at radius 3 is 2.38 bits per heavy atom. The standard InChI is InChI=1S/C23H28N6O5/c1-12(30)3-4-14-5-7-15(8-6-14)9-10-25-23-27-20(24)16-21(28-23)29(11-26-16)22-18(33)17(32)19(34-22)13(2)31/h5-8,11,17-19,22,32-33H,3-4,9-10H2,1-2H3,(H3,24,25,27,28)/t17-,18?,19-,22-/m1/s1. The zero-order chi connectivity index (χ0) is 24.4. The number of nitrogens with zero attached hydrogens (tertiary/aromatic N) is 4. The van der Waals surface area contributed by atoms with Gasteiger partial charge in [0.1, 0.15) is 29.6 Å². The lowest BCUT2D eigenvalue weighted by molar-refractivity contribution is -0.133. The fraction of sp³-hybridized carbons (Fsp3) is 0.435. The van der Waals surface area contributed by atoms with Crippen LogP contribution in [-0.2, 0) is 27.2 Å². The molecule has 11 nitrogen and oxygen atoms in total. The quantitative estimate of drug-likeness (QED) is 0.353. The van der Waals surface area contributed by atoms with Crippen molar-refractivity contribution >= 4 is 34.5 Å². The summed E-state index contributed by atoms with van der Waals surface area (Å²) in [5, 5.41) is 23.7. The van der Waals surface area contributed by atoms with Gasteiger partial charge >= 0.3 is 0 Å². The molecule has 1 saturated heterocycles. The summed E-state index contributed by atoms with van der Waals surface area (Å²) in [5.41, 5.74) is 8.93. The van der Waals surface area contributed by atoms with Crippen LogP contribution in [0.5, 0.6) is 0 Å². The van der Waals surface area contributed by atoms with E-state index in [0.29, 0.717) is 30.6 Å². The van der Waals surface area contributed by atoms with Crippen LogP contribution in [0.25, 0.3) is 11.2 Å². The Morgan fingerprint density at radius 2 is 1.76 bits per heavy atom. The Labute approximate surface area is 196 Å². The van der Waals surface area contributed by atoms with Crippen molar-refractivity contribution in [2.24, 2.45) is 0 Å². The fourth-order valence-corrected chi connectivity index (χ4v) is 3.94. The molecule has 4 rings (SSSR count). The maximum atomic E-state index is 11.7. The van der Waals surface area contributed by atoms with E-state index < -0.39 is 24.5 Å². The molecule has 5 N–H and O–H groups in total. The summed E-state index contributed by atoms with van der Waals surface area (Å²) >= 11 is 0. The van der Waals surface area contributed by atoms with E-state index in [9.17, 15) is 19.8 Å². The minimum absolute atomic E-state index is 0.150. The van der Waals surface area contributed by atoms with Crippen LogP contribution < -0.4 is 11.1 Å². The maximum absolute atomic E-state index is 11.7. The van der Waals surface area contributed by atoms with E-state index >= 15 is 0 Å². The molecule has 3 heterocycles. The molecule has 4 atom stereocenters. The summed E-state index contributed by atoms with van der Waals surface area (Å²) in [4.78, 5) is 35.8. The number of nitrogens with two attached hydrogens (primary N) is 1. The number of rotatable bonds is 9. The molecule has 0 saturated carbocycles. The van der Waals surface area contributed by atoms with Gasteiger partial charge in [-0.15, -0.1) is 0 Å². The number of carbonyl (C=O) groups is 2. The normalized spacial score (nSPS) is 22.2. The number of hydrogen-bond acceptors (Lipinski definition) is 10. The molecule has 1 fully saturated rings. The van der Waals surface area contributed by atoms with Gasteiger partial charge in [-0.2, -0.15) is 9.97 Å². The van der Waals surface area contributed by atoms with Gasteiger partial charge < -0.3 is 30.8 Å². The molecular weight excluding hydrogens is 440 g/mol. The molecular formula is C23H28N6O5. The molecule has 0 spiro atoms. The second-order valence-electron chi connectivity index (χ2n) is 8.49. The van der Waals surface area contributed by atoms with Gasteiger partial charge in [-0.3, -0.25) is 9.36 Å². The number of hydrogen-bond donors (Lipinski definition) is 4. The Morgan fingerprint density at radius 1 is 1.09 bits per heavy atom. The average Bonchev–Trinajstić information content (AvgIpc) is 3.34. The molecule has 1 aliphatic rings. The summed E-state index contributed by atoms with van der Waals surface area (Å²) < 4.78 is 7.03. The Hall–Kier alpha value is -3.41. The number of nitrogen functional groups attached to an aromatic ring is 1. The lowest BCUT2D eigenvalue weighted by Crippen LogP contribution is -2.34. The zero-order valence-corrected chi connectivity index (χ0v) is 19.0. The number of Topliss-reactive ketones (excluding diaryl/α,β-unsaturated/α-hetero) is 2. The molecule has 1 unspecified atom stereocenters. The van der Waals surface area contributed by atoms with Gasteiger partial charge in [0.05, 0.1) is 6.33 Å². The van der Waals surface area contributed by atoms with Crippen molar-refractivity contribution in [2.45, 2.75) is 57.6 Å². The monoisotopic (exact) mass is 468 g/mol. The van der Waals surface area contributed by atoms with E-state index in [1.807, 2.05) is 24.3 Å². The average molecular weight is 469 g/mol. The highest BCUT2D eigenvalue weighted by atomic mass is 16.6. The zero-order valence-electron chi connectivity index (χ0n) is 19.0. The third-order valence-corrected chi connectivity index (χ3v) is 5.85. The van der Waals surface area contributed by atoms with E-state index in [2.05, 4.69) is 20.3 Å². The molecule has 2 aromatic heterocycles. The first kappa shape index (κ1) is 23.7. The van der Waals surface area contributed by atoms with E-state index in [1.165, 1.54) is 17.8 Å². The molecule has 1 aliphatic heterocycles. The van der Waals surface area contributed by atoms with E-state index in [0.717, 1.165) is 17.5 Å². The smallest absolute Gasteiger partial charge is 0.226 e. The van der Waals surface area contributed by atoms with Crippen molar-refractivity contribution in [2.75, 3.05) is 17.6 Å². The Balaban J connectivity index is 1.45. The van der Waals surface area contributed by atoms with Crippen LogP contribution in [0.1, 0.15) is 37.6 Å². The highest BCUT2D eigenvalue weighted by molar-refractivity contribution is 5.83. The van der Waals surface area contributed by atoms with Gasteiger partial charge in [0.15, 0.2) is 23.5 Å². The number of ether oxygens (including phenoxy) is 1. The van der Waals surface area contributed by atoms with Gasteiger partial charge in [0.25, 0.3) is 0 Å². The SMILES string of the molecule is CC(=O)CCc1ccc(CCNc2nc(N)c3ncn([C@@H]4O[C@H](C(C)=O)[C@H](O)C4O)c3n2)cc1. The first-order chi connectivity index (χ1) is 16.2. The topological polar surface area (TPSA) is 165 Å². The number of fused-ring (bicyclic) bond motifs is 1. The first-order valence-corrected chi connectivity index (χ1v) is 11.1. The lowest BCUT2D eigenvalue weighted by Gasteiger charge is -2.16. The number of carbonyl (C=O) groups excluding carboxylic acids is 2. The molecule has 1 aromatic carbocycles. The molecule has 11 heteroatoms. The van der Waals surface area contributed by atoms with Crippen molar-refractivity contribution in [3.8, 4) is 0 Å². The highest BCUT2D eigenvalue weighted by Gasteiger charge is 2.46. The Kier molecular flexibility index (Phi) is 6.87. The summed E-state index contributed by atoms with van der Waals surface area (Å²) in [5.74, 6) is 0.217. The number of anilines is 2. The fourth-order valence-electron chi connectivity index (χ4n) is 3.94. The predicted octanol–water partition coefficient (Wildman–Crippen LogP) is 0.793. The molecule has 0 radical (unpaired) electrons. The second kappa shape index (κ2) is 9.84. The first-order valence-electron chi connectivity index (χ1n) is 11.1. The van der Waals surface area contributed by atoms with E-state index in [-0.39, 0.29) is 23.3 Å². The summed E-state index contributed by atoms with van der Waals surface area (Å²) in [7, 11) is 0. The number of aromatic nitrogens is 4. The van der Waals surface area contributed by atoms with Gasteiger partial charge in [-0.25, -0.2) is 4.98 Å². The van der Waals surface area contributed by atoms with Crippen LogP contribution in [-0.4, -0.2) is 66.2 Å². The van der Waals surface area contributed by atoms with Crippen molar-refractivity contribution in [1.29, 1.82) is 0 Å². The van der Waals surface area contributed by atoms with Crippen LogP contribution in [0.3, 0.4) is 0 Å². The molecule has 0 aliphatic carbocycles. The number of aliphatic hydroxyl groups excluding tert-OH is 2. The number of aryl methyl sites for hydroxylation is 1. The minimum Gasteiger partial charge on any atom is -0.387 e. The summed E-state index contributed by atoms with van der Waals surface area (Å²) in [6, 6.07) is 8.10. The third kappa shape index (κ3) is 4.91. The summed E-state index contributed by atoms with van der Waals surface area (Å²) in [6.45, 7) is 3.42. The number of imidazole rings is 1. The number of nitrogens with one attached hydrogen (secondary N) is 1. The van der Waals surface area contributed by atoms with Gasteiger partial charge in [0, 0.05) is 13.0 Å². The van der Waals surface area contributed by atoms with Crippen molar-refractivity contribution < 1.29 is 24.5 Å². The van der Waals surface area contributed by atoms with Gasteiger partial charge in [-0.05, 0) is 37.8 Å². The van der Waals surface area contributed by atoms with Crippen molar-refractivity contribution in [3.63, 3.8) is 0 Å². The highest BCUT2D eigenvalue weighted by Crippen LogP contribution is 2.32. The van der Waals surface area contributed by atoms with Crippen LogP contribution in [0.4, 0.5) is 11.8 Å². The third-order valence-electron chi connectivity index (χ3n) is 5.85. The number of ketones is 2. The maximum Gasteiger partial charge on any atom is 0.226 e. The molecule has 180 valence electrons. The van der Waals surface area contributed by atoms with Crippen molar-refractivity contribution in [3.05, 3.63) is 41.7 Å². The molecule has 0 bridgehead atoms. The molecule has 0 amide bonds. The lowest BCUT2D eigenvalue weighted by atomic mass is 10.0. The minimum atomic E-state index is -1.36. The number of aliphatic hydroxyl groups is 2.